The fourth-order valence-corrected chi connectivity index (χ4v) is 4.90. The van der Waals surface area contributed by atoms with Gasteiger partial charge in [0.2, 0.25) is 10.0 Å². The van der Waals surface area contributed by atoms with Crippen LogP contribution >= 0.6 is 24.0 Å². The standard InChI is InChI=1S/C18H36N4O2S.HI/c1-4-18(10-6-7-11-18)15-21-17(19-5-2)20-14-16-8-12-22(13-9-16)25(3,23)24;/h16H,4-15H2,1-3H3,(H2,19,20,21);1H. The molecule has 1 heterocycles. The van der Waals surface area contributed by atoms with Crippen molar-refractivity contribution in [2.45, 2.75) is 58.8 Å². The molecule has 0 atom stereocenters. The van der Waals surface area contributed by atoms with Crippen LogP contribution in [0.3, 0.4) is 0 Å². The number of nitrogens with zero attached hydrogens (tertiary/aromatic N) is 2. The third kappa shape index (κ3) is 7.14. The van der Waals surface area contributed by atoms with Crippen molar-refractivity contribution in [3.8, 4) is 0 Å². The fraction of sp³-hybridized carbons (Fsp3) is 0.944. The Balaban J connectivity index is 0.00000338. The number of halogens is 1. The Morgan fingerprint density at radius 2 is 1.77 bits per heavy atom. The summed E-state index contributed by atoms with van der Waals surface area (Å²) in [7, 11) is -3.04. The number of hydrogen-bond acceptors (Lipinski definition) is 3. The van der Waals surface area contributed by atoms with Crippen LogP contribution in [-0.2, 0) is 10.0 Å². The molecule has 1 saturated carbocycles. The minimum atomic E-state index is -3.04. The van der Waals surface area contributed by atoms with E-state index in [-0.39, 0.29) is 24.0 Å². The van der Waals surface area contributed by atoms with Gasteiger partial charge in [0.1, 0.15) is 0 Å². The van der Waals surface area contributed by atoms with Gasteiger partial charge in [-0.1, -0.05) is 19.8 Å². The summed E-state index contributed by atoms with van der Waals surface area (Å²) in [5.41, 5.74) is 0.406. The van der Waals surface area contributed by atoms with Crippen molar-refractivity contribution in [2.75, 3.05) is 39.0 Å². The van der Waals surface area contributed by atoms with Gasteiger partial charge in [-0.2, -0.15) is 0 Å². The van der Waals surface area contributed by atoms with Crippen molar-refractivity contribution >= 4 is 40.0 Å². The van der Waals surface area contributed by atoms with Crippen molar-refractivity contribution in [1.29, 1.82) is 0 Å². The first kappa shape index (κ1) is 23.9. The van der Waals surface area contributed by atoms with Gasteiger partial charge in [-0.05, 0) is 50.4 Å². The van der Waals surface area contributed by atoms with Crippen LogP contribution in [0.25, 0.3) is 0 Å². The van der Waals surface area contributed by atoms with Gasteiger partial charge < -0.3 is 10.6 Å². The molecule has 2 N–H and O–H groups in total. The third-order valence-electron chi connectivity index (χ3n) is 5.93. The SMILES string of the molecule is CCNC(=NCC1(CC)CCCC1)NCC1CCN(S(C)(=O)=O)CC1.I. The third-order valence-corrected chi connectivity index (χ3v) is 7.23. The molecule has 8 heteroatoms. The summed E-state index contributed by atoms with van der Waals surface area (Å²) >= 11 is 0. The molecular weight excluding hydrogens is 463 g/mol. The molecule has 0 amide bonds. The molecule has 2 aliphatic rings. The van der Waals surface area contributed by atoms with Crippen molar-refractivity contribution in [3.63, 3.8) is 0 Å². The highest BCUT2D eigenvalue weighted by Crippen LogP contribution is 2.41. The normalized spacial score (nSPS) is 22.0. The van der Waals surface area contributed by atoms with E-state index in [4.69, 9.17) is 4.99 Å². The Bertz CT molecular complexity index is 539. The monoisotopic (exact) mass is 500 g/mol. The summed E-state index contributed by atoms with van der Waals surface area (Å²) < 4.78 is 24.8. The lowest BCUT2D eigenvalue weighted by Gasteiger charge is -2.30. The van der Waals surface area contributed by atoms with E-state index < -0.39 is 10.0 Å². The van der Waals surface area contributed by atoms with Gasteiger partial charge >= 0.3 is 0 Å². The molecule has 0 unspecified atom stereocenters. The Kier molecular flexibility index (Phi) is 10.2. The van der Waals surface area contributed by atoms with E-state index in [0.29, 0.717) is 24.4 Å². The van der Waals surface area contributed by atoms with Gasteiger partial charge in [0.25, 0.3) is 0 Å². The average Bonchev–Trinajstić information content (AvgIpc) is 3.06. The molecule has 0 radical (unpaired) electrons. The Hall–Kier alpha value is -0.0900. The largest absolute Gasteiger partial charge is 0.357 e. The molecule has 2 rings (SSSR count). The van der Waals surface area contributed by atoms with E-state index >= 15 is 0 Å². The van der Waals surface area contributed by atoms with Crippen LogP contribution in [0.2, 0.25) is 0 Å². The van der Waals surface area contributed by atoms with Gasteiger partial charge in [0, 0.05) is 32.7 Å². The molecule has 0 aromatic carbocycles. The Labute approximate surface area is 177 Å². The number of sulfonamides is 1. The summed E-state index contributed by atoms with van der Waals surface area (Å²) in [6.45, 7) is 8.28. The maximum absolute atomic E-state index is 11.6. The first-order valence-corrected chi connectivity index (χ1v) is 11.7. The molecule has 0 aromatic rings. The first-order valence-electron chi connectivity index (χ1n) is 9.86. The molecule has 1 aliphatic heterocycles. The van der Waals surface area contributed by atoms with Gasteiger partial charge in [-0.15, -0.1) is 24.0 Å². The van der Waals surface area contributed by atoms with Crippen LogP contribution in [0.5, 0.6) is 0 Å². The molecule has 1 aliphatic carbocycles. The summed E-state index contributed by atoms with van der Waals surface area (Å²) in [4.78, 5) is 4.87. The van der Waals surface area contributed by atoms with Crippen LogP contribution in [0.4, 0.5) is 0 Å². The number of rotatable bonds is 7. The van der Waals surface area contributed by atoms with E-state index in [9.17, 15) is 8.42 Å². The molecule has 2 fully saturated rings. The van der Waals surface area contributed by atoms with E-state index in [2.05, 4.69) is 24.5 Å². The summed E-state index contributed by atoms with van der Waals surface area (Å²) in [6, 6.07) is 0. The minimum absolute atomic E-state index is 0. The van der Waals surface area contributed by atoms with Crippen LogP contribution in [0, 0.1) is 11.3 Å². The van der Waals surface area contributed by atoms with Crippen LogP contribution < -0.4 is 10.6 Å². The highest BCUT2D eigenvalue weighted by atomic mass is 127. The molecular formula is C18H37IN4O2S. The quantitative estimate of drug-likeness (QED) is 0.321. The predicted octanol–water partition coefficient (Wildman–Crippen LogP) is 2.80. The van der Waals surface area contributed by atoms with Gasteiger partial charge in [-0.25, -0.2) is 12.7 Å². The summed E-state index contributed by atoms with van der Waals surface area (Å²) in [6.07, 6.45) is 9.62. The zero-order chi connectivity index (χ0) is 18.3. The van der Waals surface area contributed by atoms with Crippen molar-refractivity contribution in [3.05, 3.63) is 0 Å². The smallest absolute Gasteiger partial charge is 0.211 e. The average molecular weight is 500 g/mol. The lowest BCUT2D eigenvalue weighted by molar-refractivity contribution is 0.274. The topological polar surface area (TPSA) is 73.8 Å². The van der Waals surface area contributed by atoms with Gasteiger partial charge in [0.05, 0.1) is 6.26 Å². The molecule has 26 heavy (non-hydrogen) atoms. The van der Waals surface area contributed by atoms with Crippen molar-refractivity contribution in [1.82, 2.24) is 14.9 Å². The molecule has 6 nitrogen and oxygen atoms in total. The number of hydrogen-bond donors (Lipinski definition) is 2. The number of guanidine groups is 1. The van der Waals surface area contributed by atoms with Crippen molar-refractivity contribution in [2.24, 2.45) is 16.3 Å². The van der Waals surface area contributed by atoms with E-state index in [0.717, 1.165) is 38.4 Å². The summed E-state index contributed by atoms with van der Waals surface area (Å²) in [5.74, 6) is 1.42. The van der Waals surface area contributed by atoms with Crippen LogP contribution in [0.1, 0.15) is 58.8 Å². The molecule has 1 saturated heterocycles. The molecule has 0 bridgehead atoms. The predicted molar refractivity (Wildman–Crippen MR) is 120 cm³/mol. The lowest BCUT2D eigenvalue weighted by atomic mass is 9.84. The Morgan fingerprint density at radius 1 is 1.15 bits per heavy atom. The van der Waals surface area contributed by atoms with Gasteiger partial charge in [0.15, 0.2) is 5.96 Å². The van der Waals surface area contributed by atoms with Crippen molar-refractivity contribution < 1.29 is 8.42 Å². The summed E-state index contributed by atoms with van der Waals surface area (Å²) in [5, 5.41) is 6.83. The number of nitrogens with one attached hydrogen (secondary N) is 2. The fourth-order valence-electron chi connectivity index (χ4n) is 4.02. The number of piperidine rings is 1. The maximum atomic E-state index is 11.6. The first-order chi connectivity index (χ1) is 11.9. The highest BCUT2D eigenvalue weighted by Gasteiger charge is 2.31. The van der Waals surface area contributed by atoms with Crippen LogP contribution in [0.15, 0.2) is 4.99 Å². The zero-order valence-corrected chi connectivity index (χ0v) is 19.7. The highest BCUT2D eigenvalue weighted by molar-refractivity contribution is 14.0. The van der Waals surface area contributed by atoms with E-state index in [1.807, 2.05) is 0 Å². The molecule has 0 spiro atoms. The van der Waals surface area contributed by atoms with Crippen LogP contribution in [-0.4, -0.2) is 57.7 Å². The Morgan fingerprint density at radius 3 is 2.27 bits per heavy atom. The lowest BCUT2D eigenvalue weighted by Crippen LogP contribution is -2.44. The minimum Gasteiger partial charge on any atom is -0.357 e. The molecule has 154 valence electrons. The van der Waals surface area contributed by atoms with E-state index in [1.54, 1.807) is 4.31 Å². The second kappa shape index (κ2) is 11.0. The zero-order valence-electron chi connectivity index (χ0n) is 16.6. The number of aliphatic imine (C=N–C) groups is 1. The second-order valence-electron chi connectivity index (χ2n) is 7.74. The molecule has 0 aromatic heterocycles. The maximum Gasteiger partial charge on any atom is 0.211 e. The van der Waals surface area contributed by atoms with Gasteiger partial charge in [-0.3, -0.25) is 4.99 Å². The van der Waals surface area contributed by atoms with E-state index in [1.165, 1.54) is 38.4 Å². The second-order valence-corrected chi connectivity index (χ2v) is 9.72.